The van der Waals surface area contributed by atoms with Crippen molar-refractivity contribution in [2.75, 3.05) is 18.4 Å². The van der Waals surface area contributed by atoms with Crippen molar-refractivity contribution in [3.8, 4) is 10.7 Å². The van der Waals surface area contributed by atoms with Crippen molar-refractivity contribution in [2.24, 2.45) is 11.3 Å². The van der Waals surface area contributed by atoms with E-state index in [0.29, 0.717) is 5.13 Å². The Balaban J connectivity index is 1.42. The molecule has 22 heavy (non-hydrogen) atoms. The van der Waals surface area contributed by atoms with Gasteiger partial charge in [0.15, 0.2) is 5.01 Å². The molecule has 1 saturated heterocycles. The molecule has 2 fully saturated rings. The summed E-state index contributed by atoms with van der Waals surface area (Å²) in [5, 5.41) is 15.7. The van der Waals surface area contributed by atoms with Crippen LogP contribution in [0.1, 0.15) is 19.3 Å². The second-order valence-electron chi connectivity index (χ2n) is 5.99. The Bertz CT molecular complexity index is 680. The molecule has 2 N–H and O–H groups in total. The van der Waals surface area contributed by atoms with Crippen molar-refractivity contribution in [1.29, 1.82) is 0 Å². The number of piperidine rings is 1. The minimum Gasteiger partial charge on any atom is -0.317 e. The van der Waals surface area contributed by atoms with E-state index >= 15 is 0 Å². The SMILES string of the molecule is O=C(Nc1nnc(-c2ccccn2)s1)C1CC12CCNCC2. The van der Waals surface area contributed by atoms with Gasteiger partial charge >= 0.3 is 0 Å². The lowest BCUT2D eigenvalue weighted by Crippen LogP contribution is -2.31. The highest BCUT2D eigenvalue weighted by Gasteiger charge is 2.57. The van der Waals surface area contributed by atoms with Crippen molar-refractivity contribution in [3.05, 3.63) is 24.4 Å². The van der Waals surface area contributed by atoms with Gasteiger partial charge in [0.05, 0.1) is 0 Å². The zero-order valence-electron chi connectivity index (χ0n) is 12.1. The molecule has 6 nitrogen and oxygen atoms in total. The van der Waals surface area contributed by atoms with Crippen LogP contribution in [0.15, 0.2) is 24.4 Å². The second kappa shape index (κ2) is 5.40. The summed E-state index contributed by atoms with van der Waals surface area (Å²) in [6, 6.07) is 5.66. The Morgan fingerprint density at radius 3 is 2.95 bits per heavy atom. The number of nitrogens with one attached hydrogen (secondary N) is 2. The van der Waals surface area contributed by atoms with Crippen LogP contribution in [-0.2, 0) is 4.79 Å². The number of carbonyl (C=O) groups excluding carboxylic acids is 1. The Labute approximate surface area is 132 Å². The third-order valence-electron chi connectivity index (χ3n) is 4.64. The molecule has 2 aromatic heterocycles. The standard InChI is InChI=1S/C15H17N5OS/c21-12(10-9-15(10)4-7-16-8-5-15)18-14-20-19-13(22-14)11-3-1-2-6-17-11/h1-3,6,10,16H,4-5,7-9H2,(H,18,20,21). The summed E-state index contributed by atoms with van der Waals surface area (Å²) in [5.74, 6) is 0.224. The number of amides is 1. The minimum absolute atomic E-state index is 0.0885. The van der Waals surface area contributed by atoms with E-state index in [2.05, 4.69) is 25.8 Å². The highest BCUT2D eigenvalue weighted by molar-refractivity contribution is 7.18. The van der Waals surface area contributed by atoms with Gasteiger partial charge in [-0.2, -0.15) is 0 Å². The lowest BCUT2D eigenvalue weighted by molar-refractivity contribution is -0.118. The molecule has 0 radical (unpaired) electrons. The van der Waals surface area contributed by atoms with E-state index in [4.69, 9.17) is 0 Å². The van der Waals surface area contributed by atoms with Gasteiger partial charge in [0.2, 0.25) is 11.0 Å². The molecule has 1 spiro atoms. The molecule has 4 rings (SSSR count). The first-order valence-electron chi connectivity index (χ1n) is 7.53. The first-order chi connectivity index (χ1) is 10.8. The molecule has 114 valence electrons. The van der Waals surface area contributed by atoms with Gasteiger partial charge in [-0.1, -0.05) is 17.4 Å². The van der Waals surface area contributed by atoms with E-state index in [1.807, 2.05) is 18.2 Å². The number of hydrogen-bond acceptors (Lipinski definition) is 6. The molecular formula is C15H17N5OS. The lowest BCUT2D eigenvalue weighted by atomic mass is 9.92. The monoisotopic (exact) mass is 315 g/mol. The van der Waals surface area contributed by atoms with Crippen molar-refractivity contribution < 1.29 is 4.79 Å². The summed E-state index contributed by atoms with van der Waals surface area (Å²) >= 11 is 1.37. The Morgan fingerprint density at radius 2 is 2.18 bits per heavy atom. The van der Waals surface area contributed by atoms with Gasteiger partial charge in [-0.15, -0.1) is 10.2 Å². The van der Waals surface area contributed by atoms with Crippen molar-refractivity contribution >= 4 is 22.4 Å². The van der Waals surface area contributed by atoms with Crippen LogP contribution in [0.4, 0.5) is 5.13 Å². The van der Waals surface area contributed by atoms with Gasteiger partial charge in [0, 0.05) is 12.1 Å². The van der Waals surface area contributed by atoms with Crippen LogP contribution in [0.25, 0.3) is 10.7 Å². The van der Waals surface area contributed by atoms with Gasteiger partial charge in [0.1, 0.15) is 5.69 Å². The first kappa shape index (κ1) is 13.8. The van der Waals surface area contributed by atoms with Crippen LogP contribution < -0.4 is 10.6 Å². The fourth-order valence-electron chi connectivity index (χ4n) is 3.25. The molecule has 1 unspecified atom stereocenters. The van der Waals surface area contributed by atoms with Crippen molar-refractivity contribution in [1.82, 2.24) is 20.5 Å². The van der Waals surface area contributed by atoms with Crippen LogP contribution in [-0.4, -0.2) is 34.2 Å². The predicted molar refractivity (Wildman–Crippen MR) is 84.4 cm³/mol. The van der Waals surface area contributed by atoms with Gasteiger partial charge in [-0.25, -0.2) is 0 Å². The van der Waals surface area contributed by atoms with Crippen LogP contribution in [0, 0.1) is 11.3 Å². The third kappa shape index (κ3) is 2.50. The lowest BCUT2D eigenvalue weighted by Gasteiger charge is -2.22. The van der Waals surface area contributed by atoms with E-state index < -0.39 is 0 Å². The number of aromatic nitrogens is 3. The molecule has 0 bridgehead atoms. The average molecular weight is 315 g/mol. The van der Waals surface area contributed by atoms with Crippen molar-refractivity contribution in [2.45, 2.75) is 19.3 Å². The molecule has 1 aliphatic heterocycles. The first-order valence-corrected chi connectivity index (χ1v) is 8.35. The highest BCUT2D eigenvalue weighted by atomic mass is 32.1. The smallest absolute Gasteiger partial charge is 0.229 e. The molecule has 0 aromatic carbocycles. The maximum Gasteiger partial charge on any atom is 0.229 e. The van der Waals surface area contributed by atoms with Gasteiger partial charge in [0.25, 0.3) is 0 Å². The minimum atomic E-state index is 0.0885. The Morgan fingerprint density at radius 1 is 1.32 bits per heavy atom. The summed E-state index contributed by atoms with van der Waals surface area (Å²) in [6.07, 6.45) is 4.92. The molecule has 1 saturated carbocycles. The predicted octanol–water partition coefficient (Wildman–Crippen LogP) is 1.93. The number of anilines is 1. The summed E-state index contributed by atoms with van der Waals surface area (Å²) in [6.45, 7) is 2.04. The number of carbonyl (C=O) groups is 1. The summed E-state index contributed by atoms with van der Waals surface area (Å²) < 4.78 is 0. The molecule has 1 atom stereocenters. The van der Waals surface area contributed by atoms with Gasteiger partial charge < -0.3 is 10.6 Å². The average Bonchev–Trinajstić information content (AvgIpc) is 3.04. The van der Waals surface area contributed by atoms with E-state index in [0.717, 1.165) is 43.1 Å². The van der Waals surface area contributed by atoms with Crippen LogP contribution >= 0.6 is 11.3 Å². The maximum atomic E-state index is 12.4. The van der Waals surface area contributed by atoms with Gasteiger partial charge in [-0.3, -0.25) is 9.78 Å². The van der Waals surface area contributed by atoms with Crippen LogP contribution in [0.2, 0.25) is 0 Å². The van der Waals surface area contributed by atoms with Crippen LogP contribution in [0.5, 0.6) is 0 Å². The fourth-order valence-corrected chi connectivity index (χ4v) is 3.98. The fraction of sp³-hybridized carbons (Fsp3) is 0.467. The van der Waals surface area contributed by atoms with Crippen molar-refractivity contribution in [3.63, 3.8) is 0 Å². The Kier molecular flexibility index (Phi) is 3.38. The molecular weight excluding hydrogens is 298 g/mol. The number of nitrogens with zero attached hydrogens (tertiary/aromatic N) is 3. The zero-order chi connectivity index (χ0) is 15.0. The molecule has 2 aromatic rings. The summed E-state index contributed by atoms with van der Waals surface area (Å²) in [4.78, 5) is 16.6. The molecule has 1 amide bonds. The van der Waals surface area contributed by atoms with Gasteiger partial charge in [-0.05, 0) is 49.9 Å². The zero-order valence-corrected chi connectivity index (χ0v) is 12.9. The molecule has 2 aliphatic rings. The van der Waals surface area contributed by atoms with E-state index in [-0.39, 0.29) is 17.2 Å². The Hall–Kier alpha value is -1.86. The number of rotatable bonds is 3. The molecule has 1 aliphatic carbocycles. The maximum absolute atomic E-state index is 12.4. The quantitative estimate of drug-likeness (QED) is 0.904. The molecule has 3 heterocycles. The largest absolute Gasteiger partial charge is 0.317 e. The number of hydrogen-bond donors (Lipinski definition) is 2. The summed E-state index contributed by atoms with van der Waals surface area (Å²) in [7, 11) is 0. The topological polar surface area (TPSA) is 79.8 Å². The second-order valence-corrected chi connectivity index (χ2v) is 6.96. The van der Waals surface area contributed by atoms with E-state index in [1.165, 1.54) is 11.3 Å². The summed E-state index contributed by atoms with van der Waals surface area (Å²) in [5.41, 5.74) is 1.02. The number of pyridine rings is 1. The highest BCUT2D eigenvalue weighted by Crippen LogP contribution is 2.58. The van der Waals surface area contributed by atoms with Crippen LogP contribution in [0.3, 0.4) is 0 Å². The molecule has 7 heteroatoms. The van der Waals surface area contributed by atoms with E-state index in [1.54, 1.807) is 6.20 Å². The van der Waals surface area contributed by atoms with E-state index in [9.17, 15) is 4.79 Å². The normalized spacial score (nSPS) is 22.5. The third-order valence-corrected chi connectivity index (χ3v) is 5.51.